The van der Waals surface area contributed by atoms with Gasteiger partial charge < -0.3 is 4.74 Å². The molecule has 2 aromatic carbocycles. The molecule has 0 aliphatic heterocycles. The van der Waals surface area contributed by atoms with Crippen molar-refractivity contribution >= 4 is 21.2 Å². The predicted octanol–water partition coefficient (Wildman–Crippen LogP) is 3.88. The van der Waals surface area contributed by atoms with Gasteiger partial charge in [0.25, 0.3) is 0 Å². The Kier molecular flexibility index (Phi) is 4.29. The smallest absolute Gasteiger partial charge is 0.199 e. The highest BCUT2D eigenvalue weighted by molar-refractivity contribution is 7.90. The Morgan fingerprint density at radius 1 is 0.960 bits per heavy atom. The third-order valence-electron chi connectivity index (χ3n) is 4.29. The molecule has 0 radical (unpaired) electrons. The zero-order chi connectivity index (χ0) is 18.2. The lowest BCUT2D eigenvalue weighted by Gasteiger charge is -2.22. The average Bonchev–Trinajstić information content (AvgIpc) is 2.76. The van der Waals surface area contributed by atoms with Crippen molar-refractivity contribution in [2.75, 3.05) is 6.26 Å². The molecule has 1 aliphatic carbocycles. The maximum atomic E-state index is 12.5. The monoisotopic (exact) mass is 356 g/mol. The predicted molar refractivity (Wildman–Crippen MR) is 96.9 cm³/mol. The molecular weight excluding hydrogens is 336 g/mol. The van der Waals surface area contributed by atoms with E-state index < -0.39 is 9.84 Å². The van der Waals surface area contributed by atoms with Crippen LogP contribution < -0.4 is 4.74 Å². The topological polar surface area (TPSA) is 60.4 Å². The molecule has 4 nitrogen and oxygen atoms in total. The number of hydrogen-bond donors (Lipinski definition) is 0. The van der Waals surface area contributed by atoms with E-state index >= 15 is 0 Å². The highest BCUT2D eigenvalue weighted by atomic mass is 32.2. The van der Waals surface area contributed by atoms with Gasteiger partial charge in [0.15, 0.2) is 21.4 Å². The van der Waals surface area contributed by atoms with Crippen LogP contribution in [0, 0.1) is 5.41 Å². The van der Waals surface area contributed by atoms with Gasteiger partial charge in [-0.05, 0) is 29.8 Å². The lowest BCUT2D eigenvalue weighted by atomic mass is 9.82. The van der Waals surface area contributed by atoms with Gasteiger partial charge in [0.05, 0.1) is 4.90 Å². The molecule has 5 heteroatoms. The number of sulfone groups is 1. The van der Waals surface area contributed by atoms with Gasteiger partial charge in [-0.25, -0.2) is 8.42 Å². The Labute approximate surface area is 148 Å². The Morgan fingerprint density at radius 3 is 2.12 bits per heavy atom. The summed E-state index contributed by atoms with van der Waals surface area (Å²) in [7, 11) is -3.26. The maximum Gasteiger partial charge on any atom is 0.199 e. The standard InChI is InChI=1S/C20H20O4S/c1-20(2)13-17(21)19(24-15-7-5-4-6-8-15)18(20)14-9-11-16(12-10-14)25(3,22)23/h4-12H,13H2,1-3H3. The number of ketones is 1. The van der Waals surface area contributed by atoms with E-state index in [1.54, 1.807) is 36.4 Å². The first-order valence-corrected chi connectivity index (χ1v) is 9.89. The molecule has 0 atom stereocenters. The number of ether oxygens (including phenoxy) is 1. The van der Waals surface area contributed by atoms with E-state index in [0.29, 0.717) is 17.9 Å². The van der Waals surface area contributed by atoms with Crippen LogP contribution in [0.4, 0.5) is 0 Å². The molecule has 0 heterocycles. The molecule has 1 aliphatic rings. The first-order chi connectivity index (χ1) is 11.7. The Hall–Kier alpha value is -2.40. The molecule has 0 aromatic heterocycles. The fraction of sp³-hybridized carbons (Fsp3) is 0.250. The largest absolute Gasteiger partial charge is 0.453 e. The summed E-state index contributed by atoms with van der Waals surface area (Å²) in [5, 5.41) is 0. The Balaban J connectivity index is 2.09. The van der Waals surface area contributed by atoms with Gasteiger partial charge in [0.2, 0.25) is 0 Å². The van der Waals surface area contributed by atoms with Crippen molar-refractivity contribution in [3.05, 3.63) is 65.9 Å². The number of allylic oxidation sites excluding steroid dienone is 2. The minimum absolute atomic E-state index is 0.0453. The van der Waals surface area contributed by atoms with Crippen molar-refractivity contribution in [1.29, 1.82) is 0 Å². The van der Waals surface area contributed by atoms with Crippen LogP contribution in [0.3, 0.4) is 0 Å². The number of carbonyl (C=O) groups excluding carboxylic acids is 1. The van der Waals surface area contributed by atoms with E-state index in [1.807, 2.05) is 32.0 Å². The average molecular weight is 356 g/mol. The molecule has 0 N–H and O–H groups in total. The molecule has 0 saturated carbocycles. The van der Waals surface area contributed by atoms with Crippen LogP contribution >= 0.6 is 0 Å². The number of carbonyl (C=O) groups is 1. The zero-order valence-electron chi connectivity index (χ0n) is 14.4. The second-order valence-corrected chi connectivity index (χ2v) is 8.92. The van der Waals surface area contributed by atoms with Crippen molar-refractivity contribution in [2.24, 2.45) is 5.41 Å². The van der Waals surface area contributed by atoms with Crippen LogP contribution in [0.25, 0.3) is 5.57 Å². The van der Waals surface area contributed by atoms with Crippen LogP contribution in [-0.4, -0.2) is 20.5 Å². The van der Waals surface area contributed by atoms with Gasteiger partial charge in [0, 0.05) is 23.7 Å². The van der Waals surface area contributed by atoms with Crippen molar-refractivity contribution in [3.63, 3.8) is 0 Å². The van der Waals surface area contributed by atoms with Gasteiger partial charge in [-0.3, -0.25) is 4.79 Å². The molecule has 0 spiro atoms. The summed E-state index contributed by atoms with van der Waals surface area (Å²) in [4.78, 5) is 12.8. The van der Waals surface area contributed by atoms with Crippen molar-refractivity contribution < 1.29 is 17.9 Å². The number of Topliss-reactive ketones (excluding diaryl/α,β-unsaturated/α-hetero) is 1. The molecule has 3 rings (SSSR count). The first kappa shape index (κ1) is 17.4. The van der Waals surface area contributed by atoms with Crippen LogP contribution in [0.1, 0.15) is 25.8 Å². The highest BCUT2D eigenvalue weighted by Gasteiger charge is 2.40. The van der Waals surface area contributed by atoms with Gasteiger partial charge in [-0.1, -0.05) is 44.2 Å². The van der Waals surface area contributed by atoms with E-state index in [4.69, 9.17) is 4.74 Å². The van der Waals surface area contributed by atoms with Crippen LogP contribution in [0.15, 0.2) is 65.3 Å². The normalized spacial score (nSPS) is 17.0. The van der Waals surface area contributed by atoms with E-state index in [2.05, 4.69) is 0 Å². The van der Waals surface area contributed by atoms with Gasteiger partial charge in [0.1, 0.15) is 5.75 Å². The molecule has 0 saturated heterocycles. The van der Waals surface area contributed by atoms with E-state index in [-0.39, 0.29) is 16.1 Å². The fourth-order valence-electron chi connectivity index (χ4n) is 3.12. The quantitative estimate of drug-likeness (QED) is 0.834. The Morgan fingerprint density at radius 2 is 1.56 bits per heavy atom. The third kappa shape index (κ3) is 3.51. The van der Waals surface area contributed by atoms with E-state index in [1.165, 1.54) is 6.26 Å². The minimum atomic E-state index is -3.26. The van der Waals surface area contributed by atoms with Crippen LogP contribution in [0.5, 0.6) is 5.75 Å². The summed E-state index contributed by atoms with van der Waals surface area (Å²) in [6.07, 6.45) is 1.53. The van der Waals surface area contributed by atoms with Crippen molar-refractivity contribution in [2.45, 2.75) is 25.2 Å². The molecule has 0 bridgehead atoms. The van der Waals surface area contributed by atoms with E-state index in [0.717, 1.165) is 11.1 Å². The summed E-state index contributed by atoms with van der Waals surface area (Å²) in [5.74, 6) is 0.896. The summed E-state index contributed by atoms with van der Waals surface area (Å²) in [5.41, 5.74) is 1.23. The first-order valence-electron chi connectivity index (χ1n) is 8.00. The molecular formula is C20H20O4S. The number of para-hydroxylation sites is 1. The van der Waals surface area contributed by atoms with Gasteiger partial charge in [-0.15, -0.1) is 0 Å². The zero-order valence-corrected chi connectivity index (χ0v) is 15.3. The number of benzene rings is 2. The molecule has 0 fully saturated rings. The second-order valence-electron chi connectivity index (χ2n) is 6.90. The number of hydrogen-bond acceptors (Lipinski definition) is 4. The molecule has 0 unspecified atom stereocenters. The SMILES string of the molecule is CC1(C)CC(=O)C(Oc2ccccc2)=C1c1ccc(S(C)(=O)=O)cc1. The minimum Gasteiger partial charge on any atom is -0.453 e. The summed E-state index contributed by atoms with van der Waals surface area (Å²) in [6.45, 7) is 3.98. The summed E-state index contributed by atoms with van der Waals surface area (Å²) in [6, 6.07) is 15.8. The van der Waals surface area contributed by atoms with Gasteiger partial charge in [-0.2, -0.15) is 0 Å². The summed E-state index contributed by atoms with van der Waals surface area (Å²) >= 11 is 0. The maximum absolute atomic E-state index is 12.5. The third-order valence-corrected chi connectivity index (χ3v) is 5.42. The lowest BCUT2D eigenvalue weighted by Crippen LogP contribution is -2.10. The fourth-order valence-corrected chi connectivity index (χ4v) is 3.75. The van der Waals surface area contributed by atoms with Crippen LogP contribution in [0.2, 0.25) is 0 Å². The van der Waals surface area contributed by atoms with E-state index in [9.17, 15) is 13.2 Å². The van der Waals surface area contributed by atoms with Crippen LogP contribution in [-0.2, 0) is 14.6 Å². The molecule has 25 heavy (non-hydrogen) atoms. The van der Waals surface area contributed by atoms with Crippen molar-refractivity contribution in [1.82, 2.24) is 0 Å². The summed E-state index contributed by atoms with van der Waals surface area (Å²) < 4.78 is 29.2. The molecule has 0 amide bonds. The molecule has 2 aromatic rings. The highest BCUT2D eigenvalue weighted by Crippen LogP contribution is 2.46. The lowest BCUT2D eigenvalue weighted by molar-refractivity contribution is -0.117. The Bertz CT molecular complexity index is 937. The second kappa shape index (κ2) is 6.15. The van der Waals surface area contributed by atoms with Gasteiger partial charge >= 0.3 is 0 Å². The number of rotatable bonds is 4. The molecule has 130 valence electrons. The van der Waals surface area contributed by atoms with Crippen molar-refractivity contribution in [3.8, 4) is 5.75 Å².